The highest BCUT2D eigenvalue weighted by Crippen LogP contribution is 2.25. The Morgan fingerprint density at radius 1 is 1.38 bits per heavy atom. The maximum atomic E-state index is 12.5. The summed E-state index contributed by atoms with van der Waals surface area (Å²) < 4.78 is 6.05. The van der Waals surface area contributed by atoms with Crippen LogP contribution in [0.2, 0.25) is 0 Å². The number of hydrogen-bond acceptors (Lipinski definition) is 6. The van der Waals surface area contributed by atoms with Gasteiger partial charge in [-0.3, -0.25) is 14.7 Å². The molecule has 126 valence electrons. The second-order valence-corrected chi connectivity index (χ2v) is 7.02. The second-order valence-electron chi connectivity index (χ2n) is 6.30. The van der Waals surface area contributed by atoms with Crippen molar-refractivity contribution in [2.24, 2.45) is 0 Å². The summed E-state index contributed by atoms with van der Waals surface area (Å²) in [5, 5.41) is 1.82. The van der Waals surface area contributed by atoms with Crippen LogP contribution < -0.4 is 0 Å². The minimum absolute atomic E-state index is 0.0515. The molecule has 4 rings (SSSR count). The van der Waals surface area contributed by atoms with E-state index < -0.39 is 0 Å². The average Bonchev–Trinajstić information content (AvgIpc) is 3.29. The summed E-state index contributed by atoms with van der Waals surface area (Å²) in [6.45, 7) is 3.99. The van der Waals surface area contributed by atoms with Crippen molar-refractivity contribution in [3.8, 4) is 0 Å². The first-order chi connectivity index (χ1) is 11.8. The van der Waals surface area contributed by atoms with Crippen LogP contribution in [0, 0.1) is 0 Å². The van der Waals surface area contributed by atoms with E-state index in [0.29, 0.717) is 18.3 Å². The van der Waals surface area contributed by atoms with Crippen LogP contribution in [0.4, 0.5) is 0 Å². The van der Waals surface area contributed by atoms with Crippen LogP contribution in [-0.2, 0) is 11.3 Å². The largest absolute Gasteiger partial charge is 0.372 e. The normalized spacial score (nSPS) is 24.1. The van der Waals surface area contributed by atoms with E-state index in [2.05, 4.69) is 14.9 Å². The monoisotopic (exact) mass is 344 g/mol. The van der Waals surface area contributed by atoms with Gasteiger partial charge in [0.15, 0.2) is 0 Å². The third-order valence-corrected chi connectivity index (χ3v) is 5.31. The number of nitrogens with zero attached hydrogens (tertiary/aromatic N) is 4. The van der Waals surface area contributed by atoms with Crippen LogP contribution in [0.25, 0.3) is 0 Å². The fraction of sp³-hybridized carbons (Fsp3) is 0.471. The van der Waals surface area contributed by atoms with Crippen molar-refractivity contribution in [1.82, 2.24) is 19.8 Å². The molecule has 0 aliphatic carbocycles. The van der Waals surface area contributed by atoms with Gasteiger partial charge in [-0.05, 0) is 18.1 Å². The molecule has 7 heteroatoms. The zero-order valence-electron chi connectivity index (χ0n) is 13.4. The SMILES string of the molecule is O=C(c1cscn1)N1CCN2C[C@H](OCc3cccnc3)C[C@H]2C1. The van der Waals surface area contributed by atoms with E-state index in [4.69, 9.17) is 4.74 Å². The quantitative estimate of drug-likeness (QED) is 0.844. The van der Waals surface area contributed by atoms with Gasteiger partial charge in [0.1, 0.15) is 5.69 Å². The second kappa shape index (κ2) is 6.96. The Morgan fingerprint density at radius 2 is 2.33 bits per heavy atom. The van der Waals surface area contributed by atoms with Crippen LogP contribution in [0.3, 0.4) is 0 Å². The standard InChI is InChI=1S/C17H20N4O2S/c22-17(16-11-24-12-19-16)21-5-4-20-9-15(6-14(20)8-21)23-10-13-2-1-3-18-7-13/h1-3,7,11-12,14-15H,4-6,8-10H2/t14-,15+/m0/s1. The third-order valence-electron chi connectivity index (χ3n) is 4.72. The molecule has 4 heterocycles. The molecule has 24 heavy (non-hydrogen) atoms. The lowest BCUT2D eigenvalue weighted by molar-refractivity contribution is 0.0449. The zero-order valence-corrected chi connectivity index (χ0v) is 14.2. The fourth-order valence-corrected chi connectivity index (χ4v) is 4.01. The molecule has 0 bridgehead atoms. The topological polar surface area (TPSA) is 58.6 Å². The van der Waals surface area contributed by atoms with Crippen LogP contribution in [0.5, 0.6) is 0 Å². The Kier molecular flexibility index (Phi) is 4.55. The van der Waals surface area contributed by atoms with Crippen molar-refractivity contribution in [2.75, 3.05) is 26.2 Å². The van der Waals surface area contributed by atoms with E-state index in [1.54, 1.807) is 11.7 Å². The number of hydrogen-bond donors (Lipinski definition) is 0. The molecule has 2 atom stereocenters. The highest BCUT2D eigenvalue weighted by molar-refractivity contribution is 7.07. The summed E-state index contributed by atoms with van der Waals surface area (Å²) in [5.74, 6) is 0.0515. The van der Waals surface area contributed by atoms with Crippen molar-refractivity contribution in [3.05, 3.63) is 46.7 Å². The molecule has 2 aliphatic rings. The van der Waals surface area contributed by atoms with Crippen molar-refractivity contribution in [2.45, 2.75) is 25.2 Å². The Balaban J connectivity index is 1.32. The maximum absolute atomic E-state index is 12.5. The van der Waals surface area contributed by atoms with Crippen molar-refractivity contribution in [1.29, 1.82) is 0 Å². The maximum Gasteiger partial charge on any atom is 0.273 e. The van der Waals surface area contributed by atoms with E-state index in [-0.39, 0.29) is 12.0 Å². The molecule has 0 radical (unpaired) electrons. The molecule has 0 spiro atoms. The number of ether oxygens (including phenoxy) is 1. The fourth-order valence-electron chi connectivity index (χ4n) is 3.48. The lowest BCUT2D eigenvalue weighted by Crippen LogP contribution is -2.52. The van der Waals surface area contributed by atoms with E-state index in [9.17, 15) is 4.79 Å². The number of thiazole rings is 1. The van der Waals surface area contributed by atoms with Gasteiger partial charge in [0, 0.05) is 50.0 Å². The van der Waals surface area contributed by atoms with Gasteiger partial charge in [-0.25, -0.2) is 4.98 Å². The minimum atomic E-state index is 0.0515. The van der Waals surface area contributed by atoms with Gasteiger partial charge >= 0.3 is 0 Å². The molecular weight excluding hydrogens is 324 g/mol. The predicted octanol–water partition coefficient (Wildman–Crippen LogP) is 1.65. The first-order valence-corrected chi connectivity index (χ1v) is 9.16. The first kappa shape index (κ1) is 15.7. The molecule has 6 nitrogen and oxygen atoms in total. The molecule has 0 saturated carbocycles. The van der Waals surface area contributed by atoms with Gasteiger partial charge in [0.05, 0.1) is 18.2 Å². The molecule has 2 fully saturated rings. The van der Waals surface area contributed by atoms with Crippen LogP contribution in [0.1, 0.15) is 22.5 Å². The van der Waals surface area contributed by atoms with Crippen LogP contribution in [-0.4, -0.2) is 64.0 Å². The lowest BCUT2D eigenvalue weighted by atomic mass is 10.1. The van der Waals surface area contributed by atoms with Gasteiger partial charge < -0.3 is 9.64 Å². The van der Waals surface area contributed by atoms with E-state index in [1.807, 2.05) is 28.6 Å². The molecule has 2 aliphatic heterocycles. The summed E-state index contributed by atoms with van der Waals surface area (Å²) >= 11 is 1.46. The summed E-state index contributed by atoms with van der Waals surface area (Å²) in [6, 6.07) is 4.35. The lowest BCUT2D eigenvalue weighted by Gasteiger charge is -2.36. The molecule has 0 N–H and O–H groups in total. The number of aromatic nitrogens is 2. The highest BCUT2D eigenvalue weighted by Gasteiger charge is 2.38. The minimum Gasteiger partial charge on any atom is -0.372 e. The smallest absolute Gasteiger partial charge is 0.273 e. The van der Waals surface area contributed by atoms with E-state index >= 15 is 0 Å². The van der Waals surface area contributed by atoms with Crippen molar-refractivity contribution >= 4 is 17.2 Å². The van der Waals surface area contributed by atoms with E-state index in [1.165, 1.54) is 11.3 Å². The molecule has 1 amide bonds. The van der Waals surface area contributed by atoms with Gasteiger partial charge in [-0.15, -0.1) is 11.3 Å². The van der Waals surface area contributed by atoms with Gasteiger partial charge in [0.2, 0.25) is 0 Å². The van der Waals surface area contributed by atoms with E-state index in [0.717, 1.165) is 38.2 Å². The number of carbonyl (C=O) groups is 1. The first-order valence-electron chi connectivity index (χ1n) is 8.21. The number of piperazine rings is 1. The Bertz CT molecular complexity index is 679. The Labute approximate surface area is 145 Å². The molecule has 2 aromatic heterocycles. The molecule has 0 aromatic carbocycles. The zero-order chi connectivity index (χ0) is 16.4. The number of carbonyl (C=O) groups excluding carboxylic acids is 1. The molecule has 2 aromatic rings. The molecule has 0 unspecified atom stereocenters. The molecule has 2 saturated heterocycles. The summed E-state index contributed by atoms with van der Waals surface area (Å²) in [7, 11) is 0. The molecular formula is C17H20N4O2S. The predicted molar refractivity (Wildman–Crippen MR) is 90.8 cm³/mol. The summed E-state index contributed by atoms with van der Waals surface area (Å²) in [6.07, 6.45) is 4.81. The number of rotatable bonds is 4. The number of fused-ring (bicyclic) bond motifs is 1. The average molecular weight is 344 g/mol. The number of amides is 1. The van der Waals surface area contributed by atoms with Crippen LogP contribution >= 0.6 is 11.3 Å². The highest BCUT2D eigenvalue weighted by atomic mass is 32.1. The summed E-state index contributed by atoms with van der Waals surface area (Å²) in [4.78, 5) is 25.1. The Morgan fingerprint density at radius 3 is 3.12 bits per heavy atom. The summed E-state index contributed by atoms with van der Waals surface area (Å²) in [5.41, 5.74) is 3.37. The van der Waals surface area contributed by atoms with Gasteiger partial charge in [-0.2, -0.15) is 0 Å². The van der Waals surface area contributed by atoms with Crippen molar-refractivity contribution in [3.63, 3.8) is 0 Å². The van der Waals surface area contributed by atoms with Crippen molar-refractivity contribution < 1.29 is 9.53 Å². The van der Waals surface area contributed by atoms with Crippen LogP contribution in [0.15, 0.2) is 35.4 Å². The third kappa shape index (κ3) is 3.33. The number of pyridine rings is 1. The Hall–Kier alpha value is -1.83. The van der Waals surface area contributed by atoms with Gasteiger partial charge in [0.25, 0.3) is 5.91 Å². The van der Waals surface area contributed by atoms with Gasteiger partial charge in [-0.1, -0.05) is 6.07 Å².